The Kier molecular flexibility index (Phi) is 7.59. The summed E-state index contributed by atoms with van der Waals surface area (Å²) in [7, 11) is 0. The van der Waals surface area contributed by atoms with Gasteiger partial charge < -0.3 is 20.7 Å². The van der Waals surface area contributed by atoms with E-state index in [1.165, 1.54) is 0 Å². The van der Waals surface area contributed by atoms with Crippen LogP contribution in [0.5, 0.6) is 5.75 Å². The van der Waals surface area contributed by atoms with Gasteiger partial charge in [-0.1, -0.05) is 12.1 Å². The molecule has 7 nitrogen and oxygen atoms in total. The molecule has 0 bridgehead atoms. The molecule has 3 amide bonds. The zero-order valence-corrected chi connectivity index (χ0v) is 13.6. The fraction of sp³-hybridized carbons (Fsp3) is 0.438. The summed E-state index contributed by atoms with van der Waals surface area (Å²) in [6.07, 6.45) is 0. The van der Waals surface area contributed by atoms with E-state index in [0.717, 1.165) is 0 Å². The molecule has 3 N–H and O–H groups in total. The van der Waals surface area contributed by atoms with Gasteiger partial charge in [0.05, 0.1) is 18.7 Å². The molecule has 7 heteroatoms. The lowest BCUT2D eigenvalue weighted by molar-refractivity contribution is -0.128. The minimum Gasteiger partial charge on any atom is -0.493 e. The topological polar surface area (TPSA) is 96.5 Å². The lowest BCUT2D eigenvalue weighted by Gasteiger charge is -2.14. The molecule has 0 aromatic heterocycles. The molecule has 0 radical (unpaired) electrons. The number of carbonyl (C=O) groups is 3. The number of hydrogen-bond donors (Lipinski definition) is 3. The Morgan fingerprint density at radius 1 is 1.13 bits per heavy atom. The van der Waals surface area contributed by atoms with Crippen LogP contribution in [0.15, 0.2) is 24.3 Å². The number of para-hydroxylation sites is 1. The molecule has 1 aromatic carbocycles. The Labute approximate surface area is 135 Å². The van der Waals surface area contributed by atoms with Crippen molar-refractivity contribution in [1.82, 2.24) is 16.0 Å². The second-order valence-corrected chi connectivity index (χ2v) is 4.80. The molecule has 0 saturated heterocycles. The summed E-state index contributed by atoms with van der Waals surface area (Å²) in [6, 6.07) is 6.14. The molecule has 0 spiro atoms. The number of benzene rings is 1. The maximum Gasteiger partial charge on any atom is 0.255 e. The zero-order valence-electron chi connectivity index (χ0n) is 13.6. The quantitative estimate of drug-likeness (QED) is 0.648. The highest BCUT2D eigenvalue weighted by molar-refractivity contribution is 5.99. The third-order valence-corrected chi connectivity index (χ3v) is 2.96. The van der Waals surface area contributed by atoms with Gasteiger partial charge in [-0.05, 0) is 32.9 Å². The van der Waals surface area contributed by atoms with Gasteiger partial charge in [0.1, 0.15) is 11.8 Å². The van der Waals surface area contributed by atoms with Gasteiger partial charge in [0.25, 0.3) is 5.91 Å². The molecule has 1 rings (SSSR count). The Balaban J connectivity index is 2.53. The first-order valence-electron chi connectivity index (χ1n) is 7.56. The van der Waals surface area contributed by atoms with Crippen molar-refractivity contribution in [1.29, 1.82) is 0 Å². The molecule has 1 aromatic rings. The Morgan fingerprint density at radius 3 is 2.48 bits per heavy atom. The minimum absolute atomic E-state index is 0.219. The Bertz CT molecular complexity index is 560. The van der Waals surface area contributed by atoms with Crippen LogP contribution in [0.2, 0.25) is 0 Å². The van der Waals surface area contributed by atoms with Gasteiger partial charge in [-0.3, -0.25) is 14.4 Å². The average Bonchev–Trinajstić information content (AvgIpc) is 2.53. The lowest BCUT2D eigenvalue weighted by Crippen LogP contribution is -2.47. The summed E-state index contributed by atoms with van der Waals surface area (Å²) in [6.45, 7) is 5.91. The second kappa shape index (κ2) is 9.45. The molecular formula is C16H23N3O4. The van der Waals surface area contributed by atoms with Gasteiger partial charge in [-0.15, -0.1) is 0 Å². The van der Waals surface area contributed by atoms with Crippen LogP contribution in [0.3, 0.4) is 0 Å². The van der Waals surface area contributed by atoms with E-state index < -0.39 is 17.9 Å². The summed E-state index contributed by atoms with van der Waals surface area (Å²) < 4.78 is 5.37. The van der Waals surface area contributed by atoms with Crippen molar-refractivity contribution in [2.24, 2.45) is 0 Å². The van der Waals surface area contributed by atoms with Crippen molar-refractivity contribution in [3.8, 4) is 5.75 Å². The maximum atomic E-state index is 12.1. The molecule has 126 valence electrons. The Morgan fingerprint density at radius 2 is 1.83 bits per heavy atom. The lowest BCUT2D eigenvalue weighted by atomic mass is 10.2. The van der Waals surface area contributed by atoms with Crippen LogP contribution in [-0.2, 0) is 9.59 Å². The third-order valence-electron chi connectivity index (χ3n) is 2.96. The summed E-state index contributed by atoms with van der Waals surface area (Å²) in [5, 5.41) is 7.63. The van der Waals surface area contributed by atoms with Gasteiger partial charge in [0.2, 0.25) is 11.8 Å². The number of amides is 3. The predicted octanol–water partition coefficient (Wildman–Crippen LogP) is 0.456. The standard InChI is InChI=1S/C16H23N3O4/c1-4-17-15(21)11(3)19-14(20)10-18-16(22)12-8-6-7-9-13(12)23-5-2/h6-9,11H,4-5,10H2,1-3H3,(H,17,21)(H,18,22)(H,19,20)/t11-/m0/s1. The molecule has 0 unspecified atom stereocenters. The van der Waals surface area contributed by atoms with Gasteiger partial charge in [0, 0.05) is 6.54 Å². The van der Waals surface area contributed by atoms with Gasteiger partial charge in [0.15, 0.2) is 0 Å². The van der Waals surface area contributed by atoms with Crippen molar-refractivity contribution < 1.29 is 19.1 Å². The van der Waals surface area contributed by atoms with Crippen molar-refractivity contribution in [2.45, 2.75) is 26.8 Å². The molecule has 0 heterocycles. The first-order valence-corrected chi connectivity index (χ1v) is 7.56. The molecule has 0 fully saturated rings. The highest BCUT2D eigenvalue weighted by Crippen LogP contribution is 2.17. The van der Waals surface area contributed by atoms with E-state index in [9.17, 15) is 14.4 Å². The van der Waals surface area contributed by atoms with Crippen LogP contribution in [-0.4, -0.2) is 43.5 Å². The maximum absolute atomic E-state index is 12.1. The van der Waals surface area contributed by atoms with Gasteiger partial charge >= 0.3 is 0 Å². The van der Waals surface area contributed by atoms with Crippen LogP contribution in [0, 0.1) is 0 Å². The highest BCUT2D eigenvalue weighted by Gasteiger charge is 2.16. The SMILES string of the molecule is CCNC(=O)[C@H](C)NC(=O)CNC(=O)c1ccccc1OCC. The molecule has 0 aliphatic carbocycles. The molecule has 23 heavy (non-hydrogen) atoms. The number of nitrogens with one attached hydrogen (secondary N) is 3. The smallest absolute Gasteiger partial charge is 0.255 e. The van der Waals surface area contributed by atoms with Gasteiger partial charge in [-0.2, -0.15) is 0 Å². The molecule has 1 atom stereocenters. The third kappa shape index (κ3) is 5.98. The molecular weight excluding hydrogens is 298 g/mol. The minimum atomic E-state index is -0.657. The number of carbonyl (C=O) groups excluding carboxylic acids is 3. The van der Waals surface area contributed by atoms with Crippen LogP contribution in [0.4, 0.5) is 0 Å². The van der Waals surface area contributed by atoms with Crippen LogP contribution in [0.25, 0.3) is 0 Å². The molecule has 0 aliphatic heterocycles. The number of likely N-dealkylation sites (N-methyl/N-ethyl adjacent to an activating group) is 1. The zero-order chi connectivity index (χ0) is 17.2. The first-order chi connectivity index (χ1) is 11.0. The van der Waals surface area contributed by atoms with E-state index >= 15 is 0 Å². The fourth-order valence-electron chi connectivity index (χ4n) is 1.88. The number of rotatable bonds is 8. The fourth-order valence-corrected chi connectivity index (χ4v) is 1.88. The largest absolute Gasteiger partial charge is 0.493 e. The molecule has 0 aliphatic rings. The van der Waals surface area contributed by atoms with Crippen LogP contribution >= 0.6 is 0 Å². The van der Waals surface area contributed by atoms with Crippen LogP contribution < -0.4 is 20.7 Å². The summed E-state index contributed by atoms with van der Waals surface area (Å²) >= 11 is 0. The normalized spacial score (nSPS) is 11.3. The van der Waals surface area contributed by atoms with Crippen molar-refractivity contribution >= 4 is 17.7 Å². The highest BCUT2D eigenvalue weighted by atomic mass is 16.5. The Hall–Kier alpha value is -2.57. The van der Waals surface area contributed by atoms with E-state index in [4.69, 9.17) is 4.74 Å². The number of hydrogen-bond acceptors (Lipinski definition) is 4. The molecule has 0 saturated carbocycles. The summed E-state index contributed by atoms with van der Waals surface area (Å²) in [5.74, 6) is -0.654. The monoisotopic (exact) mass is 321 g/mol. The average molecular weight is 321 g/mol. The second-order valence-electron chi connectivity index (χ2n) is 4.80. The van der Waals surface area contributed by atoms with E-state index in [-0.39, 0.29) is 12.5 Å². The van der Waals surface area contributed by atoms with Gasteiger partial charge in [-0.25, -0.2) is 0 Å². The summed E-state index contributed by atoms with van der Waals surface area (Å²) in [5.41, 5.74) is 0.360. The summed E-state index contributed by atoms with van der Waals surface area (Å²) in [4.78, 5) is 35.4. The van der Waals surface area contributed by atoms with E-state index in [1.807, 2.05) is 6.92 Å². The van der Waals surface area contributed by atoms with Crippen molar-refractivity contribution in [3.63, 3.8) is 0 Å². The first kappa shape index (κ1) is 18.5. The predicted molar refractivity (Wildman–Crippen MR) is 86.2 cm³/mol. The van der Waals surface area contributed by atoms with Crippen molar-refractivity contribution in [2.75, 3.05) is 19.7 Å². The van der Waals surface area contributed by atoms with Crippen molar-refractivity contribution in [3.05, 3.63) is 29.8 Å². The van der Waals surface area contributed by atoms with E-state index in [1.54, 1.807) is 38.1 Å². The van der Waals surface area contributed by atoms with E-state index in [0.29, 0.717) is 24.5 Å². The van der Waals surface area contributed by atoms with Crippen LogP contribution in [0.1, 0.15) is 31.1 Å². The van der Waals surface area contributed by atoms with E-state index in [2.05, 4.69) is 16.0 Å². The number of ether oxygens (including phenoxy) is 1.